The van der Waals surface area contributed by atoms with Gasteiger partial charge in [0.1, 0.15) is 0 Å². The van der Waals surface area contributed by atoms with Crippen molar-refractivity contribution in [2.45, 2.75) is 19.4 Å². The minimum Gasteiger partial charge on any atom is -0.359 e. The van der Waals surface area contributed by atoms with E-state index in [4.69, 9.17) is 5.73 Å². The first-order valence-corrected chi connectivity index (χ1v) is 4.74. The van der Waals surface area contributed by atoms with Crippen LogP contribution in [0.3, 0.4) is 0 Å². The highest BCUT2D eigenvalue weighted by molar-refractivity contribution is 5.75. The van der Waals surface area contributed by atoms with Crippen LogP contribution in [-0.2, 0) is 17.8 Å². The number of amides is 1. The van der Waals surface area contributed by atoms with Crippen LogP contribution >= 0.6 is 0 Å². The fourth-order valence-electron chi connectivity index (χ4n) is 1.22. The normalized spacial score (nSPS) is 9.86. The van der Waals surface area contributed by atoms with E-state index in [1.807, 2.05) is 24.3 Å². The summed E-state index contributed by atoms with van der Waals surface area (Å²) in [5, 5.41) is 2.60. The van der Waals surface area contributed by atoms with Gasteiger partial charge in [0.15, 0.2) is 0 Å². The molecule has 0 atom stereocenters. The number of carbonyl (C=O) groups is 1. The molecule has 0 radical (unpaired) electrons. The van der Waals surface area contributed by atoms with E-state index in [9.17, 15) is 4.79 Å². The fraction of sp³-hybridized carbons (Fsp3) is 0.364. The van der Waals surface area contributed by atoms with Gasteiger partial charge in [0, 0.05) is 20.0 Å². The Bertz CT molecular complexity index is 293. The van der Waals surface area contributed by atoms with E-state index in [0.29, 0.717) is 13.0 Å². The number of nitrogens with two attached hydrogens (primary N) is 1. The molecule has 0 bridgehead atoms. The van der Waals surface area contributed by atoms with Gasteiger partial charge in [-0.05, 0) is 17.5 Å². The maximum Gasteiger partial charge on any atom is 0.220 e. The van der Waals surface area contributed by atoms with Gasteiger partial charge in [-0.25, -0.2) is 0 Å². The van der Waals surface area contributed by atoms with Crippen LogP contribution in [0.25, 0.3) is 0 Å². The zero-order chi connectivity index (χ0) is 10.4. The lowest BCUT2D eigenvalue weighted by Crippen LogP contribution is -2.17. The Kier molecular flexibility index (Phi) is 4.13. The largest absolute Gasteiger partial charge is 0.359 e. The first-order chi connectivity index (χ1) is 6.76. The standard InChI is InChI=1S/C11H16N2O/c1-13-11(14)7-6-9-2-4-10(8-12)5-3-9/h2-5H,6-8,12H2,1H3,(H,13,14). The predicted octanol–water partition coefficient (Wildman–Crippen LogP) is 0.824. The van der Waals surface area contributed by atoms with Crippen LogP contribution in [0.15, 0.2) is 24.3 Å². The molecule has 1 aromatic carbocycles. The summed E-state index contributed by atoms with van der Waals surface area (Å²) in [6, 6.07) is 8.04. The molecule has 0 aliphatic carbocycles. The Labute approximate surface area is 84.3 Å². The third kappa shape index (κ3) is 3.18. The Balaban J connectivity index is 2.47. The van der Waals surface area contributed by atoms with Crippen molar-refractivity contribution in [3.8, 4) is 0 Å². The molecule has 3 heteroatoms. The molecule has 76 valence electrons. The van der Waals surface area contributed by atoms with Gasteiger partial charge < -0.3 is 11.1 Å². The zero-order valence-electron chi connectivity index (χ0n) is 8.42. The van der Waals surface area contributed by atoms with Gasteiger partial charge in [-0.3, -0.25) is 4.79 Å². The first kappa shape index (κ1) is 10.7. The molecule has 0 aromatic heterocycles. The molecular formula is C11H16N2O. The lowest BCUT2D eigenvalue weighted by molar-refractivity contribution is -0.120. The molecule has 0 aliphatic heterocycles. The van der Waals surface area contributed by atoms with Crippen LogP contribution in [0.5, 0.6) is 0 Å². The topological polar surface area (TPSA) is 55.1 Å². The summed E-state index contributed by atoms with van der Waals surface area (Å²) in [6.07, 6.45) is 1.32. The molecule has 0 saturated carbocycles. The zero-order valence-corrected chi connectivity index (χ0v) is 8.42. The van der Waals surface area contributed by atoms with Crippen molar-refractivity contribution in [2.75, 3.05) is 7.05 Å². The van der Waals surface area contributed by atoms with Crippen molar-refractivity contribution in [2.24, 2.45) is 5.73 Å². The summed E-state index contributed by atoms with van der Waals surface area (Å²) < 4.78 is 0. The second-order valence-corrected chi connectivity index (χ2v) is 3.19. The molecule has 0 aliphatic rings. The van der Waals surface area contributed by atoms with Crippen molar-refractivity contribution >= 4 is 5.91 Å². The third-order valence-corrected chi connectivity index (χ3v) is 2.18. The first-order valence-electron chi connectivity index (χ1n) is 4.74. The van der Waals surface area contributed by atoms with Crippen LogP contribution in [-0.4, -0.2) is 13.0 Å². The van der Waals surface area contributed by atoms with Crippen molar-refractivity contribution in [3.63, 3.8) is 0 Å². The average molecular weight is 192 g/mol. The number of aryl methyl sites for hydroxylation is 1. The molecule has 14 heavy (non-hydrogen) atoms. The molecule has 0 heterocycles. The van der Waals surface area contributed by atoms with E-state index in [-0.39, 0.29) is 5.91 Å². The maximum absolute atomic E-state index is 11.0. The van der Waals surface area contributed by atoms with Gasteiger partial charge in [-0.2, -0.15) is 0 Å². The van der Waals surface area contributed by atoms with Gasteiger partial charge in [0.2, 0.25) is 5.91 Å². The van der Waals surface area contributed by atoms with Gasteiger partial charge in [-0.1, -0.05) is 24.3 Å². The number of hydrogen-bond acceptors (Lipinski definition) is 2. The summed E-state index contributed by atoms with van der Waals surface area (Å²) in [4.78, 5) is 11.0. The van der Waals surface area contributed by atoms with Gasteiger partial charge >= 0.3 is 0 Å². The molecule has 3 nitrogen and oxygen atoms in total. The molecule has 1 aromatic rings. The lowest BCUT2D eigenvalue weighted by atomic mass is 10.1. The molecule has 3 N–H and O–H groups in total. The van der Waals surface area contributed by atoms with E-state index >= 15 is 0 Å². The van der Waals surface area contributed by atoms with Crippen LogP contribution < -0.4 is 11.1 Å². The van der Waals surface area contributed by atoms with Crippen molar-refractivity contribution < 1.29 is 4.79 Å². The lowest BCUT2D eigenvalue weighted by Gasteiger charge is -2.02. The molecule has 0 spiro atoms. The SMILES string of the molecule is CNC(=O)CCc1ccc(CN)cc1. The Morgan fingerprint density at radius 3 is 2.36 bits per heavy atom. The number of carbonyl (C=O) groups excluding carboxylic acids is 1. The van der Waals surface area contributed by atoms with Gasteiger partial charge in [-0.15, -0.1) is 0 Å². The fourth-order valence-corrected chi connectivity index (χ4v) is 1.22. The number of benzene rings is 1. The highest BCUT2D eigenvalue weighted by Crippen LogP contribution is 2.05. The van der Waals surface area contributed by atoms with Crippen LogP contribution in [0.2, 0.25) is 0 Å². The predicted molar refractivity (Wildman–Crippen MR) is 56.7 cm³/mol. The second kappa shape index (κ2) is 5.40. The maximum atomic E-state index is 11.0. The minimum absolute atomic E-state index is 0.0768. The van der Waals surface area contributed by atoms with Crippen LogP contribution in [0.1, 0.15) is 17.5 Å². The smallest absolute Gasteiger partial charge is 0.220 e. The van der Waals surface area contributed by atoms with E-state index in [0.717, 1.165) is 12.0 Å². The van der Waals surface area contributed by atoms with Crippen LogP contribution in [0, 0.1) is 0 Å². The Hall–Kier alpha value is -1.35. The quantitative estimate of drug-likeness (QED) is 0.742. The molecule has 1 rings (SSSR count). The summed E-state index contributed by atoms with van der Waals surface area (Å²) in [5.74, 6) is 0.0768. The number of hydrogen-bond donors (Lipinski definition) is 2. The molecule has 0 saturated heterocycles. The number of rotatable bonds is 4. The van der Waals surface area contributed by atoms with Gasteiger partial charge in [0.25, 0.3) is 0 Å². The molecule has 0 unspecified atom stereocenters. The summed E-state index contributed by atoms with van der Waals surface area (Å²) >= 11 is 0. The van der Waals surface area contributed by atoms with E-state index < -0.39 is 0 Å². The number of nitrogens with one attached hydrogen (secondary N) is 1. The molecular weight excluding hydrogens is 176 g/mol. The summed E-state index contributed by atoms with van der Waals surface area (Å²) in [5.41, 5.74) is 7.77. The molecule has 0 fully saturated rings. The van der Waals surface area contributed by atoms with Crippen molar-refractivity contribution in [3.05, 3.63) is 35.4 Å². The summed E-state index contributed by atoms with van der Waals surface area (Å²) in [6.45, 7) is 0.565. The van der Waals surface area contributed by atoms with Crippen molar-refractivity contribution in [1.29, 1.82) is 0 Å². The monoisotopic (exact) mass is 192 g/mol. The Morgan fingerprint density at radius 1 is 1.29 bits per heavy atom. The van der Waals surface area contributed by atoms with E-state index in [1.165, 1.54) is 5.56 Å². The average Bonchev–Trinajstić information content (AvgIpc) is 2.26. The van der Waals surface area contributed by atoms with E-state index in [2.05, 4.69) is 5.32 Å². The highest BCUT2D eigenvalue weighted by atomic mass is 16.1. The van der Waals surface area contributed by atoms with Crippen molar-refractivity contribution in [1.82, 2.24) is 5.32 Å². The van der Waals surface area contributed by atoms with E-state index in [1.54, 1.807) is 7.05 Å². The highest BCUT2D eigenvalue weighted by Gasteiger charge is 1.99. The Morgan fingerprint density at radius 2 is 1.86 bits per heavy atom. The third-order valence-electron chi connectivity index (χ3n) is 2.18. The van der Waals surface area contributed by atoms with Crippen LogP contribution in [0.4, 0.5) is 0 Å². The van der Waals surface area contributed by atoms with Gasteiger partial charge in [0.05, 0.1) is 0 Å². The minimum atomic E-state index is 0.0768. The summed E-state index contributed by atoms with van der Waals surface area (Å²) in [7, 11) is 1.65. The second-order valence-electron chi connectivity index (χ2n) is 3.19. The molecule has 1 amide bonds.